The maximum Gasteiger partial charge on any atom is 0.188 e. The van der Waals surface area contributed by atoms with E-state index in [4.69, 9.17) is 5.73 Å². The van der Waals surface area contributed by atoms with E-state index in [9.17, 15) is 4.79 Å². The lowest BCUT2D eigenvalue weighted by molar-refractivity contribution is 0.102. The first kappa shape index (κ1) is 11.9. The lowest BCUT2D eigenvalue weighted by Crippen LogP contribution is -2.05. The van der Waals surface area contributed by atoms with E-state index in [1.54, 1.807) is 6.07 Å². The van der Waals surface area contributed by atoms with Crippen LogP contribution in [0.25, 0.3) is 0 Å². The van der Waals surface area contributed by atoms with E-state index in [0.717, 1.165) is 30.4 Å². The molecule has 0 amide bonds. The molecule has 0 aliphatic heterocycles. The zero-order valence-electron chi connectivity index (χ0n) is 10.1. The number of carbonyl (C=O) groups is 1. The van der Waals surface area contributed by atoms with Crippen molar-refractivity contribution in [3.63, 3.8) is 0 Å². The highest BCUT2D eigenvalue weighted by Crippen LogP contribution is 2.21. The second-order valence-electron chi connectivity index (χ2n) is 4.64. The molecular formula is C15H19NO. The molecule has 0 atom stereocenters. The van der Waals surface area contributed by atoms with Crippen molar-refractivity contribution in [2.75, 3.05) is 5.73 Å². The van der Waals surface area contributed by atoms with Crippen LogP contribution in [-0.2, 0) is 0 Å². The number of benzene rings is 1. The van der Waals surface area contributed by atoms with Crippen molar-refractivity contribution in [3.05, 3.63) is 41.5 Å². The topological polar surface area (TPSA) is 43.1 Å². The van der Waals surface area contributed by atoms with Crippen molar-refractivity contribution in [3.8, 4) is 0 Å². The molecule has 0 bridgehead atoms. The zero-order valence-corrected chi connectivity index (χ0v) is 10.1. The summed E-state index contributed by atoms with van der Waals surface area (Å²) >= 11 is 0. The van der Waals surface area contributed by atoms with Crippen LogP contribution in [0.3, 0.4) is 0 Å². The van der Waals surface area contributed by atoms with Crippen LogP contribution in [0.5, 0.6) is 0 Å². The summed E-state index contributed by atoms with van der Waals surface area (Å²) in [5, 5.41) is 0. The molecular weight excluding hydrogens is 210 g/mol. The Labute approximate surface area is 103 Å². The van der Waals surface area contributed by atoms with Gasteiger partial charge in [0.25, 0.3) is 0 Å². The van der Waals surface area contributed by atoms with Gasteiger partial charge in [0, 0.05) is 11.3 Å². The number of hydrogen-bond donors (Lipinski definition) is 1. The van der Waals surface area contributed by atoms with Crippen molar-refractivity contribution in [1.82, 2.24) is 0 Å². The van der Waals surface area contributed by atoms with Gasteiger partial charge in [-0.1, -0.05) is 31.1 Å². The molecule has 2 nitrogen and oxygen atoms in total. The van der Waals surface area contributed by atoms with Crippen molar-refractivity contribution >= 4 is 11.5 Å². The van der Waals surface area contributed by atoms with Gasteiger partial charge in [0.1, 0.15) is 0 Å². The van der Waals surface area contributed by atoms with Crippen molar-refractivity contribution in [2.45, 2.75) is 38.5 Å². The van der Waals surface area contributed by atoms with E-state index in [1.807, 2.05) is 18.2 Å². The van der Waals surface area contributed by atoms with Crippen LogP contribution in [-0.4, -0.2) is 5.78 Å². The molecule has 0 unspecified atom stereocenters. The Kier molecular flexibility index (Phi) is 3.97. The summed E-state index contributed by atoms with van der Waals surface area (Å²) in [4.78, 5) is 12.3. The van der Waals surface area contributed by atoms with Gasteiger partial charge in [-0.15, -0.1) is 0 Å². The summed E-state index contributed by atoms with van der Waals surface area (Å²) in [6.45, 7) is 0. The van der Waals surface area contributed by atoms with Crippen molar-refractivity contribution < 1.29 is 4.79 Å². The van der Waals surface area contributed by atoms with E-state index in [-0.39, 0.29) is 5.78 Å². The fourth-order valence-corrected chi connectivity index (χ4v) is 2.26. The third-order valence-electron chi connectivity index (χ3n) is 3.23. The molecule has 0 fully saturated rings. The van der Waals surface area contributed by atoms with Gasteiger partial charge in [0.2, 0.25) is 0 Å². The molecule has 0 radical (unpaired) electrons. The average molecular weight is 229 g/mol. The van der Waals surface area contributed by atoms with Crippen LogP contribution in [0, 0.1) is 0 Å². The fraction of sp³-hybridized carbons (Fsp3) is 0.400. The van der Waals surface area contributed by atoms with E-state index in [1.165, 1.54) is 19.3 Å². The van der Waals surface area contributed by atoms with Gasteiger partial charge >= 0.3 is 0 Å². The minimum Gasteiger partial charge on any atom is -0.399 e. The fourth-order valence-electron chi connectivity index (χ4n) is 2.26. The van der Waals surface area contributed by atoms with Crippen LogP contribution < -0.4 is 5.73 Å². The Hall–Kier alpha value is -1.57. The standard InChI is InChI=1S/C15H19NO/c16-14-10-6-9-13(11-14)15(17)12-7-4-2-1-3-5-8-12/h6-7,9-11H,1-5,8,16H2/b12-7+. The Morgan fingerprint density at radius 2 is 1.94 bits per heavy atom. The normalized spacial score (nSPS) is 19.9. The Bertz CT molecular complexity index is 434. The molecule has 17 heavy (non-hydrogen) atoms. The summed E-state index contributed by atoms with van der Waals surface area (Å²) in [5.74, 6) is 0.152. The molecule has 2 N–H and O–H groups in total. The minimum atomic E-state index is 0.152. The average Bonchev–Trinajstić information content (AvgIpc) is 2.28. The summed E-state index contributed by atoms with van der Waals surface area (Å²) in [7, 11) is 0. The number of anilines is 1. The van der Waals surface area contributed by atoms with Crippen LogP contribution in [0.1, 0.15) is 48.9 Å². The molecule has 1 aromatic rings. The van der Waals surface area contributed by atoms with Gasteiger partial charge in [0.05, 0.1) is 0 Å². The number of hydrogen-bond acceptors (Lipinski definition) is 2. The predicted octanol–water partition coefficient (Wildman–Crippen LogP) is 3.73. The van der Waals surface area contributed by atoms with Gasteiger partial charge in [-0.05, 0) is 43.4 Å². The monoisotopic (exact) mass is 229 g/mol. The SMILES string of the molecule is Nc1cccc(C(=O)/C2=C/CCCCCC2)c1. The number of carbonyl (C=O) groups excluding carboxylic acids is 1. The molecule has 0 saturated heterocycles. The number of nitrogens with two attached hydrogens (primary N) is 1. The highest BCUT2D eigenvalue weighted by molar-refractivity contribution is 6.09. The maximum atomic E-state index is 12.3. The Balaban J connectivity index is 2.18. The first-order valence-electron chi connectivity index (χ1n) is 6.36. The largest absolute Gasteiger partial charge is 0.399 e. The summed E-state index contributed by atoms with van der Waals surface area (Å²) in [5.41, 5.74) is 8.05. The van der Waals surface area contributed by atoms with Gasteiger partial charge < -0.3 is 5.73 Å². The quantitative estimate of drug-likeness (QED) is 0.620. The number of ketones is 1. The Morgan fingerprint density at radius 1 is 1.12 bits per heavy atom. The molecule has 1 aliphatic rings. The van der Waals surface area contributed by atoms with Crippen molar-refractivity contribution in [2.24, 2.45) is 0 Å². The van der Waals surface area contributed by atoms with Gasteiger partial charge in [-0.25, -0.2) is 0 Å². The van der Waals surface area contributed by atoms with Gasteiger partial charge in [-0.2, -0.15) is 0 Å². The second kappa shape index (κ2) is 5.67. The molecule has 90 valence electrons. The summed E-state index contributed by atoms with van der Waals surface area (Å²) in [6.07, 6.45) is 8.91. The highest BCUT2D eigenvalue weighted by atomic mass is 16.1. The number of rotatable bonds is 2. The number of allylic oxidation sites excluding steroid dienone is 2. The third-order valence-corrected chi connectivity index (χ3v) is 3.23. The van der Waals surface area contributed by atoms with E-state index in [2.05, 4.69) is 6.08 Å². The maximum absolute atomic E-state index is 12.3. The van der Waals surface area contributed by atoms with E-state index >= 15 is 0 Å². The first-order valence-corrected chi connectivity index (χ1v) is 6.36. The molecule has 1 aliphatic carbocycles. The smallest absolute Gasteiger partial charge is 0.188 e. The van der Waals surface area contributed by atoms with Crippen LogP contribution in [0.15, 0.2) is 35.9 Å². The zero-order chi connectivity index (χ0) is 12.1. The molecule has 1 aromatic carbocycles. The van der Waals surface area contributed by atoms with Gasteiger partial charge in [-0.3, -0.25) is 4.79 Å². The minimum absolute atomic E-state index is 0.152. The second-order valence-corrected chi connectivity index (χ2v) is 4.64. The van der Waals surface area contributed by atoms with Crippen LogP contribution in [0.4, 0.5) is 5.69 Å². The summed E-state index contributed by atoms with van der Waals surface area (Å²) < 4.78 is 0. The first-order chi connectivity index (χ1) is 8.27. The van der Waals surface area contributed by atoms with E-state index < -0.39 is 0 Å². The van der Waals surface area contributed by atoms with Crippen LogP contribution in [0.2, 0.25) is 0 Å². The molecule has 0 aromatic heterocycles. The molecule has 0 heterocycles. The molecule has 2 rings (SSSR count). The molecule has 2 heteroatoms. The van der Waals surface area contributed by atoms with Gasteiger partial charge in [0.15, 0.2) is 5.78 Å². The highest BCUT2D eigenvalue weighted by Gasteiger charge is 2.13. The number of Topliss-reactive ketones (excluding diaryl/α,β-unsaturated/α-hetero) is 1. The molecule has 0 spiro atoms. The lowest BCUT2D eigenvalue weighted by atomic mass is 9.94. The number of nitrogen functional groups attached to an aromatic ring is 1. The molecule has 0 saturated carbocycles. The summed E-state index contributed by atoms with van der Waals surface area (Å²) in [6, 6.07) is 7.26. The van der Waals surface area contributed by atoms with Crippen molar-refractivity contribution in [1.29, 1.82) is 0 Å². The lowest BCUT2D eigenvalue weighted by Gasteiger charge is -2.10. The van der Waals surface area contributed by atoms with Crippen LogP contribution >= 0.6 is 0 Å². The third kappa shape index (κ3) is 3.19. The predicted molar refractivity (Wildman–Crippen MR) is 71.0 cm³/mol. The Morgan fingerprint density at radius 3 is 2.76 bits per heavy atom. The van der Waals surface area contributed by atoms with E-state index in [0.29, 0.717) is 5.69 Å².